The lowest BCUT2D eigenvalue weighted by Gasteiger charge is -2.36. The normalized spacial score (nSPS) is 15.4. The molecule has 1 fully saturated rings. The summed E-state index contributed by atoms with van der Waals surface area (Å²) in [5, 5.41) is 11.0. The Labute approximate surface area is 164 Å². The van der Waals surface area contributed by atoms with E-state index in [1.165, 1.54) is 16.4 Å². The molecule has 2 aromatic carbocycles. The molecule has 0 atom stereocenters. The number of nitro benzene ring substituents is 1. The van der Waals surface area contributed by atoms with Crippen LogP contribution in [-0.4, -0.2) is 50.4 Å². The Bertz CT molecular complexity index is 969. The lowest BCUT2D eigenvalue weighted by Crippen LogP contribution is -2.48. The number of nitrogens with zero attached hydrogens (tertiary/aromatic N) is 3. The summed E-state index contributed by atoms with van der Waals surface area (Å²) in [4.78, 5) is 12.5. The van der Waals surface area contributed by atoms with Crippen molar-refractivity contribution in [1.82, 2.24) is 4.31 Å². The molecule has 0 bridgehead atoms. The summed E-state index contributed by atoms with van der Waals surface area (Å²) in [5.74, 6) is 0.774. The zero-order valence-electron chi connectivity index (χ0n) is 15.9. The van der Waals surface area contributed by atoms with Gasteiger partial charge in [0, 0.05) is 38.3 Å². The number of hydrogen-bond acceptors (Lipinski definition) is 6. The predicted molar refractivity (Wildman–Crippen MR) is 106 cm³/mol. The minimum Gasteiger partial charge on any atom is -0.492 e. The molecule has 150 valence electrons. The summed E-state index contributed by atoms with van der Waals surface area (Å²) < 4.78 is 33.2. The van der Waals surface area contributed by atoms with Gasteiger partial charge in [0.2, 0.25) is 10.0 Å². The number of benzene rings is 2. The van der Waals surface area contributed by atoms with Crippen LogP contribution in [0, 0.1) is 17.0 Å². The Kier molecular flexibility index (Phi) is 5.85. The quantitative estimate of drug-likeness (QED) is 0.542. The Hall–Kier alpha value is -2.65. The molecule has 0 aromatic heterocycles. The highest BCUT2D eigenvalue weighted by atomic mass is 32.2. The van der Waals surface area contributed by atoms with Crippen molar-refractivity contribution in [3.8, 4) is 5.75 Å². The molecule has 1 saturated heterocycles. The van der Waals surface area contributed by atoms with E-state index in [9.17, 15) is 18.5 Å². The number of piperazine rings is 1. The van der Waals surface area contributed by atoms with Gasteiger partial charge in [0.05, 0.1) is 22.1 Å². The first-order chi connectivity index (χ1) is 13.3. The second-order valence-corrected chi connectivity index (χ2v) is 8.41. The van der Waals surface area contributed by atoms with Crippen LogP contribution in [0.1, 0.15) is 12.5 Å². The highest BCUT2D eigenvalue weighted by Gasteiger charge is 2.31. The van der Waals surface area contributed by atoms with Crippen molar-refractivity contribution in [2.24, 2.45) is 0 Å². The zero-order chi connectivity index (χ0) is 20.3. The second-order valence-electron chi connectivity index (χ2n) is 6.50. The van der Waals surface area contributed by atoms with Crippen LogP contribution in [0.4, 0.5) is 11.4 Å². The van der Waals surface area contributed by atoms with Crippen LogP contribution in [0.5, 0.6) is 5.75 Å². The third-order valence-corrected chi connectivity index (χ3v) is 6.79. The van der Waals surface area contributed by atoms with E-state index >= 15 is 0 Å². The van der Waals surface area contributed by atoms with Crippen molar-refractivity contribution in [2.45, 2.75) is 18.7 Å². The third-order valence-electron chi connectivity index (χ3n) is 4.74. The maximum absolute atomic E-state index is 13.1. The molecular formula is C19H23N3O5S. The molecule has 28 heavy (non-hydrogen) atoms. The number of non-ortho nitro benzene ring substituents is 1. The van der Waals surface area contributed by atoms with E-state index < -0.39 is 14.9 Å². The van der Waals surface area contributed by atoms with Crippen molar-refractivity contribution in [2.75, 3.05) is 37.7 Å². The second kappa shape index (κ2) is 8.15. The molecule has 8 nitrogen and oxygen atoms in total. The van der Waals surface area contributed by atoms with Crippen LogP contribution in [0.2, 0.25) is 0 Å². The van der Waals surface area contributed by atoms with Gasteiger partial charge < -0.3 is 9.64 Å². The van der Waals surface area contributed by atoms with E-state index in [1.54, 1.807) is 6.92 Å². The number of hydrogen-bond donors (Lipinski definition) is 0. The van der Waals surface area contributed by atoms with E-state index in [4.69, 9.17) is 4.74 Å². The molecule has 1 heterocycles. The van der Waals surface area contributed by atoms with Gasteiger partial charge in [-0.2, -0.15) is 4.31 Å². The first-order valence-corrected chi connectivity index (χ1v) is 10.5. The molecule has 0 N–H and O–H groups in total. The van der Waals surface area contributed by atoms with Crippen LogP contribution < -0.4 is 9.64 Å². The van der Waals surface area contributed by atoms with Crippen LogP contribution in [0.15, 0.2) is 47.4 Å². The van der Waals surface area contributed by atoms with Crippen molar-refractivity contribution in [3.05, 3.63) is 58.1 Å². The van der Waals surface area contributed by atoms with Crippen LogP contribution in [0.25, 0.3) is 0 Å². The molecule has 3 rings (SSSR count). The van der Waals surface area contributed by atoms with Gasteiger partial charge in [-0.25, -0.2) is 8.42 Å². The van der Waals surface area contributed by atoms with E-state index in [1.807, 2.05) is 31.2 Å². The molecule has 2 aromatic rings. The Morgan fingerprint density at radius 1 is 1.11 bits per heavy atom. The summed E-state index contributed by atoms with van der Waals surface area (Å²) in [5.41, 5.74) is 1.20. The molecule has 0 unspecified atom stereocenters. The molecule has 0 saturated carbocycles. The standard InChI is InChI=1S/C19H23N3O5S/c1-3-27-18-7-5-4-6-17(18)20-10-12-21(13-11-20)28(25,26)19-14-16(22(23)24)9-8-15(19)2/h4-9,14H,3,10-13H2,1-2H3. The first-order valence-electron chi connectivity index (χ1n) is 9.06. The van der Waals surface area contributed by atoms with Gasteiger partial charge in [0.1, 0.15) is 5.75 Å². The van der Waals surface area contributed by atoms with E-state index in [0.29, 0.717) is 38.3 Å². The van der Waals surface area contributed by atoms with Gasteiger partial charge in [-0.3, -0.25) is 10.1 Å². The average Bonchev–Trinajstić information content (AvgIpc) is 2.69. The highest BCUT2D eigenvalue weighted by molar-refractivity contribution is 7.89. The Morgan fingerprint density at radius 2 is 1.79 bits per heavy atom. The molecule has 1 aliphatic heterocycles. The van der Waals surface area contributed by atoms with Crippen molar-refractivity contribution in [1.29, 1.82) is 0 Å². The fourth-order valence-corrected chi connectivity index (χ4v) is 4.95. The first kappa shape index (κ1) is 20.1. The summed E-state index contributed by atoms with van der Waals surface area (Å²) in [6.45, 7) is 5.73. The number of nitro groups is 1. The molecule has 0 aliphatic carbocycles. The maximum Gasteiger partial charge on any atom is 0.270 e. The molecule has 0 amide bonds. The molecular weight excluding hydrogens is 382 g/mol. The fourth-order valence-electron chi connectivity index (χ4n) is 3.28. The summed E-state index contributed by atoms with van der Waals surface area (Å²) >= 11 is 0. The average molecular weight is 405 g/mol. The van der Waals surface area contributed by atoms with Gasteiger partial charge >= 0.3 is 0 Å². The number of rotatable bonds is 6. The van der Waals surface area contributed by atoms with Gasteiger partial charge in [-0.1, -0.05) is 18.2 Å². The fraction of sp³-hybridized carbons (Fsp3) is 0.368. The number of anilines is 1. The predicted octanol–water partition coefficient (Wildman–Crippen LogP) is 2.81. The monoisotopic (exact) mass is 405 g/mol. The van der Waals surface area contributed by atoms with Gasteiger partial charge in [-0.05, 0) is 31.5 Å². The van der Waals surface area contributed by atoms with Gasteiger partial charge in [0.25, 0.3) is 5.69 Å². The van der Waals surface area contributed by atoms with Gasteiger partial charge in [-0.15, -0.1) is 0 Å². The topological polar surface area (TPSA) is 93.0 Å². The van der Waals surface area contributed by atoms with E-state index in [0.717, 1.165) is 17.5 Å². The molecule has 9 heteroatoms. The largest absolute Gasteiger partial charge is 0.492 e. The number of sulfonamides is 1. The van der Waals surface area contributed by atoms with E-state index in [2.05, 4.69) is 4.90 Å². The smallest absolute Gasteiger partial charge is 0.270 e. The number of ether oxygens (including phenoxy) is 1. The Morgan fingerprint density at radius 3 is 2.43 bits per heavy atom. The number of para-hydroxylation sites is 2. The maximum atomic E-state index is 13.1. The molecule has 0 radical (unpaired) electrons. The van der Waals surface area contributed by atoms with E-state index in [-0.39, 0.29) is 10.6 Å². The summed E-state index contributed by atoms with van der Waals surface area (Å²) in [7, 11) is -3.80. The van der Waals surface area contributed by atoms with Crippen molar-refractivity contribution >= 4 is 21.4 Å². The lowest BCUT2D eigenvalue weighted by atomic mass is 10.2. The lowest BCUT2D eigenvalue weighted by molar-refractivity contribution is -0.385. The SMILES string of the molecule is CCOc1ccccc1N1CCN(S(=O)(=O)c2cc([N+](=O)[O-])ccc2C)CC1. The Balaban J connectivity index is 1.80. The molecule has 0 spiro atoms. The van der Waals surface area contributed by atoms with Crippen LogP contribution in [-0.2, 0) is 10.0 Å². The number of aryl methyl sites for hydroxylation is 1. The van der Waals surface area contributed by atoms with Crippen LogP contribution >= 0.6 is 0 Å². The molecule has 1 aliphatic rings. The highest BCUT2D eigenvalue weighted by Crippen LogP contribution is 2.30. The minimum atomic E-state index is -3.80. The minimum absolute atomic E-state index is 0.00938. The summed E-state index contributed by atoms with van der Waals surface area (Å²) in [6.07, 6.45) is 0. The van der Waals surface area contributed by atoms with Crippen molar-refractivity contribution < 1.29 is 18.1 Å². The third kappa shape index (κ3) is 3.95. The van der Waals surface area contributed by atoms with Gasteiger partial charge in [0.15, 0.2) is 0 Å². The van der Waals surface area contributed by atoms with Crippen LogP contribution in [0.3, 0.4) is 0 Å². The zero-order valence-corrected chi connectivity index (χ0v) is 16.7. The summed E-state index contributed by atoms with van der Waals surface area (Å²) in [6, 6.07) is 11.6. The van der Waals surface area contributed by atoms with Crippen molar-refractivity contribution in [3.63, 3.8) is 0 Å².